The molecule has 0 aliphatic carbocycles. The van der Waals surface area contributed by atoms with Crippen molar-refractivity contribution in [3.05, 3.63) is 29.8 Å². The Hall–Kier alpha value is -2.27. The zero-order chi connectivity index (χ0) is 22.5. The highest BCUT2D eigenvalue weighted by Gasteiger charge is 2.18. The van der Waals surface area contributed by atoms with E-state index >= 15 is 0 Å². The predicted octanol–water partition coefficient (Wildman–Crippen LogP) is 1.17. The second-order valence-electron chi connectivity index (χ2n) is 7.61. The monoisotopic (exact) mass is 430 g/mol. The Bertz CT molecular complexity index is 695. The minimum Gasteiger partial charge on any atom is -0.463 e. The van der Waals surface area contributed by atoms with Crippen LogP contribution in [0.2, 0.25) is 5.28 Å². The topological polar surface area (TPSA) is 174 Å². The molecular weight excluding hydrogens is 400 g/mol. The van der Waals surface area contributed by atoms with Crippen molar-refractivity contribution < 1.29 is 20.1 Å². The van der Waals surface area contributed by atoms with E-state index in [0.717, 1.165) is 0 Å². The number of ether oxygens (including phenoxy) is 1. The van der Waals surface area contributed by atoms with Crippen molar-refractivity contribution in [2.24, 2.45) is 10.8 Å². The fourth-order valence-electron chi connectivity index (χ4n) is 1.13. The lowest BCUT2D eigenvalue weighted by molar-refractivity contribution is 0.0857. The summed E-state index contributed by atoms with van der Waals surface area (Å²) < 4.78 is 5.28. The van der Waals surface area contributed by atoms with E-state index in [1.54, 1.807) is 26.0 Å². The average molecular weight is 431 g/mol. The minimum absolute atomic E-state index is 0.0451. The molecular formula is C18H31ClN6O4. The molecule has 0 aliphatic rings. The van der Waals surface area contributed by atoms with E-state index in [0.29, 0.717) is 18.2 Å². The van der Waals surface area contributed by atoms with Gasteiger partial charge in [0.2, 0.25) is 5.28 Å². The van der Waals surface area contributed by atoms with E-state index in [9.17, 15) is 0 Å². The summed E-state index contributed by atoms with van der Waals surface area (Å²) in [6, 6.07) is 3.40. The third-order valence-corrected chi connectivity index (χ3v) is 3.36. The van der Waals surface area contributed by atoms with E-state index in [1.165, 1.54) is 12.4 Å². The van der Waals surface area contributed by atoms with Crippen LogP contribution in [0.25, 0.3) is 0 Å². The van der Waals surface area contributed by atoms with Crippen LogP contribution in [0.1, 0.15) is 27.7 Å². The van der Waals surface area contributed by atoms with Gasteiger partial charge in [0.1, 0.15) is 11.6 Å². The number of aromatic nitrogens is 4. The van der Waals surface area contributed by atoms with E-state index in [4.69, 9.17) is 43.1 Å². The van der Waals surface area contributed by atoms with Gasteiger partial charge in [-0.25, -0.2) is 15.0 Å². The molecule has 0 atom stereocenters. The SMILES string of the molecule is CC(C)(CO)CO.CC(C)(CO)COc1nccc(N)n1.Nc1ccnc(Cl)n1. The van der Waals surface area contributed by atoms with Gasteiger partial charge < -0.3 is 31.5 Å². The lowest BCUT2D eigenvalue weighted by atomic mass is 9.97. The number of aliphatic hydroxyl groups excluding tert-OH is 3. The maximum Gasteiger partial charge on any atom is 0.318 e. The highest BCUT2D eigenvalue weighted by molar-refractivity contribution is 6.28. The minimum atomic E-state index is -0.306. The number of hydrogen-bond donors (Lipinski definition) is 5. The third kappa shape index (κ3) is 13.5. The molecule has 29 heavy (non-hydrogen) atoms. The third-order valence-electron chi connectivity index (χ3n) is 3.18. The summed E-state index contributed by atoms with van der Waals surface area (Å²) in [5, 5.41) is 26.0. The summed E-state index contributed by atoms with van der Waals surface area (Å²) >= 11 is 5.34. The predicted molar refractivity (Wildman–Crippen MR) is 112 cm³/mol. The van der Waals surface area contributed by atoms with Crippen molar-refractivity contribution in [1.29, 1.82) is 0 Å². The van der Waals surface area contributed by atoms with E-state index in [-0.39, 0.29) is 41.9 Å². The molecule has 7 N–H and O–H groups in total. The van der Waals surface area contributed by atoms with Crippen LogP contribution in [0.3, 0.4) is 0 Å². The molecule has 2 aromatic rings. The molecule has 11 heteroatoms. The van der Waals surface area contributed by atoms with E-state index in [2.05, 4.69) is 19.9 Å². The molecule has 0 unspecified atom stereocenters. The maximum absolute atomic E-state index is 8.98. The highest BCUT2D eigenvalue weighted by Crippen LogP contribution is 2.15. The molecule has 0 saturated carbocycles. The fourth-order valence-corrected chi connectivity index (χ4v) is 1.28. The zero-order valence-electron chi connectivity index (χ0n) is 17.2. The lowest BCUT2D eigenvalue weighted by Crippen LogP contribution is -2.25. The van der Waals surface area contributed by atoms with Crippen molar-refractivity contribution in [2.45, 2.75) is 27.7 Å². The van der Waals surface area contributed by atoms with Crippen molar-refractivity contribution in [1.82, 2.24) is 19.9 Å². The molecule has 2 heterocycles. The van der Waals surface area contributed by atoms with Crippen molar-refractivity contribution in [2.75, 3.05) is 37.9 Å². The molecule has 0 saturated heterocycles. The lowest BCUT2D eigenvalue weighted by Gasteiger charge is -2.20. The van der Waals surface area contributed by atoms with Crippen LogP contribution >= 0.6 is 11.6 Å². The quantitative estimate of drug-likeness (QED) is 0.418. The molecule has 0 aliphatic heterocycles. The molecule has 0 amide bonds. The second-order valence-corrected chi connectivity index (χ2v) is 7.94. The van der Waals surface area contributed by atoms with Gasteiger partial charge in [0.15, 0.2) is 0 Å². The number of rotatable bonds is 6. The number of nitrogens with two attached hydrogens (primary N) is 2. The van der Waals surface area contributed by atoms with E-state index < -0.39 is 0 Å². The maximum atomic E-state index is 8.98. The number of aliphatic hydroxyl groups is 3. The number of nitrogens with zero attached hydrogens (tertiary/aromatic N) is 4. The molecule has 0 fully saturated rings. The van der Waals surface area contributed by atoms with Crippen LogP contribution < -0.4 is 16.2 Å². The largest absolute Gasteiger partial charge is 0.463 e. The molecule has 10 nitrogen and oxygen atoms in total. The standard InChI is InChI=1S/C9H15N3O2.C5H12O2.C4H4ClN3/c1-9(2,5-13)6-14-8-11-4-3-7(10)12-8;1-5(2,3-6)4-7;5-4-7-2-1-3(6)8-4/h3-4,13H,5-6H2,1-2H3,(H2,10,11,12);6-7H,3-4H2,1-2H3;1-2H,(H2,6,7,8). The van der Waals surface area contributed by atoms with Gasteiger partial charge in [-0.3, -0.25) is 0 Å². The fraction of sp³-hybridized carbons (Fsp3) is 0.556. The normalized spacial score (nSPS) is 10.9. The first-order chi connectivity index (χ1) is 13.4. The van der Waals surface area contributed by atoms with Crippen LogP contribution in [0, 0.1) is 10.8 Å². The Morgan fingerprint density at radius 3 is 1.69 bits per heavy atom. The summed E-state index contributed by atoms with van der Waals surface area (Å²) in [4.78, 5) is 15.0. The number of anilines is 2. The molecule has 0 spiro atoms. The van der Waals surface area contributed by atoms with Gasteiger partial charge in [-0.1, -0.05) is 27.7 Å². The van der Waals surface area contributed by atoms with Gasteiger partial charge in [-0.2, -0.15) is 4.98 Å². The van der Waals surface area contributed by atoms with Crippen LogP contribution in [0.5, 0.6) is 6.01 Å². The number of halogens is 1. The van der Waals surface area contributed by atoms with Gasteiger partial charge in [0.05, 0.1) is 26.4 Å². The first-order valence-corrected chi connectivity index (χ1v) is 9.10. The smallest absolute Gasteiger partial charge is 0.318 e. The highest BCUT2D eigenvalue weighted by atomic mass is 35.5. The molecule has 0 aromatic carbocycles. The van der Waals surface area contributed by atoms with Crippen LogP contribution in [-0.2, 0) is 0 Å². The van der Waals surface area contributed by atoms with E-state index in [1.807, 2.05) is 13.8 Å². The van der Waals surface area contributed by atoms with Crippen LogP contribution in [0.15, 0.2) is 24.5 Å². The zero-order valence-corrected chi connectivity index (χ0v) is 18.0. The molecule has 0 bridgehead atoms. The summed E-state index contributed by atoms with van der Waals surface area (Å²) in [6.07, 6.45) is 3.04. The van der Waals surface area contributed by atoms with Crippen LogP contribution in [-0.4, -0.2) is 61.7 Å². The summed E-state index contributed by atoms with van der Waals surface area (Å²) in [6.45, 7) is 7.87. The van der Waals surface area contributed by atoms with Crippen molar-refractivity contribution in [3.8, 4) is 6.01 Å². The first kappa shape index (κ1) is 26.7. The molecule has 2 aromatic heterocycles. The molecule has 2 rings (SSSR count). The van der Waals surface area contributed by atoms with Crippen molar-refractivity contribution >= 4 is 23.2 Å². The Kier molecular flexibility index (Phi) is 12.0. The van der Waals surface area contributed by atoms with Crippen molar-refractivity contribution in [3.63, 3.8) is 0 Å². The summed E-state index contributed by atoms with van der Waals surface area (Å²) in [7, 11) is 0. The Balaban J connectivity index is 0.000000444. The Morgan fingerprint density at radius 2 is 1.34 bits per heavy atom. The summed E-state index contributed by atoms with van der Waals surface area (Å²) in [5.74, 6) is 0.766. The Labute approximate surface area is 176 Å². The van der Waals surface area contributed by atoms with Gasteiger partial charge in [-0.05, 0) is 23.7 Å². The van der Waals surface area contributed by atoms with Gasteiger partial charge >= 0.3 is 6.01 Å². The molecule has 0 radical (unpaired) electrons. The average Bonchev–Trinajstić information content (AvgIpc) is 2.67. The molecule has 164 valence electrons. The van der Waals surface area contributed by atoms with Gasteiger partial charge in [0.25, 0.3) is 0 Å². The number of hydrogen-bond acceptors (Lipinski definition) is 10. The van der Waals surface area contributed by atoms with Gasteiger partial charge in [0, 0.05) is 23.2 Å². The Morgan fingerprint density at radius 1 is 0.862 bits per heavy atom. The first-order valence-electron chi connectivity index (χ1n) is 8.72. The van der Waals surface area contributed by atoms with Gasteiger partial charge in [-0.15, -0.1) is 0 Å². The van der Waals surface area contributed by atoms with Crippen LogP contribution in [0.4, 0.5) is 11.6 Å². The summed E-state index contributed by atoms with van der Waals surface area (Å²) in [5.41, 5.74) is 10.1. The number of nitrogen functional groups attached to an aromatic ring is 2. The second kappa shape index (κ2) is 13.0.